The van der Waals surface area contributed by atoms with Gasteiger partial charge in [-0.2, -0.15) is 0 Å². The monoisotopic (exact) mass is 276 g/mol. The lowest BCUT2D eigenvalue weighted by atomic mass is 9.87. The van der Waals surface area contributed by atoms with E-state index in [2.05, 4.69) is 12.1 Å². The lowest BCUT2D eigenvalue weighted by Gasteiger charge is -2.27. The Morgan fingerprint density at radius 3 is 2.55 bits per heavy atom. The summed E-state index contributed by atoms with van der Waals surface area (Å²) >= 11 is 0. The maximum absolute atomic E-state index is 11.5. The van der Waals surface area contributed by atoms with E-state index in [-0.39, 0.29) is 6.04 Å². The van der Waals surface area contributed by atoms with Gasteiger partial charge in [-0.05, 0) is 38.3 Å². The molecule has 1 rings (SSSR count). The van der Waals surface area contributed by atoms with Crippen LogP contribution in [0.25, 0.3) is 0 Å². The number of benzene rings is 1. The molecule has 20 heavy (non-hydrogen) atoms. The number of nitrogens with two attached hydrogens (primary N) is 1. The van der Waals surface area contributed by atoms with E-state index in [1.165, 1.54) is 0 Å². The van der Waals surface area contributed by atoms with Crippen molar-refractivity contribution < 1.29 is 9.63 Å². The number of rotatable bonds is 6. The first-order valence-corrected chi connectivity index (χ1v) is 6.77. The van der Waals surface area contributed by atoms with E-state index in [4.69, 9.17) is 10.6 Å². The number of hydroxylamine groups is 1. The molecule has 0 aromatic heterocycles. The summed E-state index contributed by atoms with van der Waals surface area (Å²) in [5.41, 5.74) is 11.0. The summed E-state index contributed by atoms with van der Waals surface area (Å²) in [7, 11) is 0. The Hall–Kier alpha value is -1.65. The van der Waals surface area contributed by atoms with Crippen molar-refractivity contribution in [1.29, 1.82) is 0 Å². The second kappa shape index (κ2) is 6.68. The van der Waals surface area contributed by atoms with Crippen LogP contribution in [-0.4, -0.2) is 5.97 Å². The average molecular weight is 276 g/mol. The summed E-state index contributed by atoms with van der Waals surface area (Å²) in [6.45, 7) is 11.1. The fourth-order valence-corrected chi connectivity index (χ4v) is 1.97. The van der Waals surface area contributed by atoms with E-state index in [0.29, 0.717) is 5.57 Å². The van der Waals surface area contributed by atoms with Crippen molar-refractivity contribution in [2.24, 2.45) is 5.73 Å². The third-order valence-corrected chi connectivity index (χ3v) is 3.08. The van der Waals surface area contributed by atoms with Crippen molar-refractivity contribution in [3.05, 3.63) is 47.5 Å². The van der Waals surface area contributed by atoms with Crippen molar-refractivity contribution in [2.75, 3.05) is 0 Å². The molecule has 0 aliphatic carbocycles. The van der Waals surface area contributed by atoms with Gasteiger partial charge in [-0.15, -0.1) is 5.48 Å². The van der Waals surface area contributed by atoms with Crippen LogP contribution in [0.2, 0.25) is 0 Å². The second-order valence-electron chi connectivity index (χ2n) is 5.56. The Morgan fingerprint density at radius 2 is 2.05 bits per heavy atom. The molecule has 4 heteroatoms. The van der Waals surface area contributed by atoms with Crippen molar-refractivity contribution >= 4 is 5.97 Å². The van der Waals surface area contributed by atoms with Crippen LogP contribution < -0.4 is 11.2 Å². The zero-order valence-corrected chi connectivity index (χ0v) is 12.7. The maximum Gasteiger partial charge on any atom is 0.351 e. The van der Waals surface area contributed by atoms with Gasteiger partial charge in [0.05, 0.1) is 6.04 Å². The molecule has 0 radical (unpaired) electrons. The van der Waals surface area contributed by atoms with Crippen LogP contribution >= 0.6 is 0 Å². The molecule has 1 aromatic carbocycles. The van der Waals surface area contributed by atoms with Gasteiger partial charge in [-0.3, -0.25) is 0 Å². The van der Waals surface area contributed by atoms with Gasteiger partial charge in [0.15, 0.2) is 0 Å². The normalized spacial score (nSPS) is 12.8. The van der Waals surface area contributed by atoms with Crippen LogP contribution in [-0.2, 0) is 15.2 Å². The first kappa shape index (κ1) is 16.4. The molecule has 1 atom stereocenters. The Kier molecular flexibility index (Phi) is 5.48. The summed E-state index contributed by atoms with van der Waals surface area (Å²) in [5.74, 6) is -0.451. The third kappa shape index (κ3) is 4.18. The molecule has 0 saturated carbocycles. The zero-order chi connectivity index (χ0) is 15.3. The molecule has 1 unspecified atom stereocenters. The smallest absolute Gasteiger partial charge is 0.351 e. The minimum absolute atomic E-state index is 0.0997. The minimum atomic E-state index is -0.454. The highest BCUT2D eigenvalue weighted by Gasteiger charge is 2.22. The van der Waals surface area contributed by atoms with Gasteiger partial charge in [0.25, 0.3) is 0 Å². The molecule has 0 spiro atoms. The number of carbonyl (C=O) groups excluding carboxylic acids is 1. The highest BCUT2D eigenvalue weighted by Crippen LogP contribution is 2.28. The first-order valence-electron chi connectivity index (χ1n) is 6.77. The van der Waals surface area contributed by atoms with Gasteiger partial charge in [-0.1, -0.05) is 37.8 Å². The Bertz CT molecular complexity index is 489. The largest absolute Gasteiger partial charge is 0.366 e. The van der Waals surface area contributed by atoms with Crippen LogP contribution in [0.15, 0.2) is 36.4 Å². The molecule has 0 amide bonds. The summed E-state index contributed by atoms with van der Waals surface area (Å²) in [6, 6.07) is 7.81. The van der Waals surface area contributed by atoms with E-state index in [1.54, 1.807) is 6.92 Å². The molecular formula is C16H24N2O2. The Labute approximate surface area is 121 Å². The number of nitrogens with one attached hydrogen (secondary N) is 1. The van der Waals surface area contributed by atoms with Gasteiger partial charge in [0.2, 0.25) is 0 Å². The summed E-state index contributed by atoms with van der Waals surface area (Å²) in [6.07, 6.45) is 0.774. The average Bonchev–Trinajstić information content (AvgIpc) is 2.38. The number of hydrogen-bond acceptors (Lipinski definition) is 4. The second-order valence-corrected chi connectivity index (χ2v) is 5.56. The van der Waals surface area contributed by atoms with Gasteiger partial charge in [0.1, 0.15) is 0 Å². The molecule has 3 N–H and O–H groups in total. The van der Waals surface area contributed by atoms with Gasteiger partial charge in [-0.25, -0.2) is 4.79 Å². The third-order valence-electron chi connectivity index (χ3n) is 3.08. The molecule has 1 aromatic rings. The van der Waals surface area contributed by atoms with E-state index < -0.39 is 11.5 Å². The van der Waals surface area contributed by atoms with Crippen LogP contribution in [0, 0.1) is 0 Å². The topological polar surface area (TPSA) is 64.3 Å². The summed E-state index contributed by atoms with van der Waals surface area (Å²) in [4.78, 5) is 16.5. The molecule has 0 fully saturated rings. The predicted octanol–water partition coefficient (Wildman–Crippen LogP) is 2.96. The predicted molar refractivity (Wildman–Crippen MR) is 80.7 cm³/mol. The molecule has 0 bridgehead atoms. The van der Waals surface area contributed by atoms with Gasteiger partial charge in [0, 0.05) is 11.1 Å². The lowest BCUT2D eigenvalue weighted by Crippen LogP contribution is -2.33. The molecule has 110 valence electrons. The number of carbonyl (C=O) groups is 1. The number of hydrogen-bond donors (Lipinski definition) is 2. The molecule has 0 aliphatic rings. The Morgan fingerprint density at radius 1 is 1.45 bits per heavy atom. The molecule has 0 aliphatic heterocycles. The molecule has 0 heterocycles. The van der Waals surface area contributed by atoms with Gasteiger partial charge < -0.3 is 10.6 Å². The molecule has 0 saturated heterocycles. The van der Waals surface area contributed by atoms with Gasteiger partial charge >= 0.3 is 5.97 Å². The SMILES string of the molecule is C=C(C)C(=O)ONC(CC)c1ccccc1C(C)(C)N. The highest BCUT2D eigenvalue weighted by molar-refractivity contribution is 5.86. The van der Waals surface area contributed by atoms with Crippen molar-refractivity contribution in [3.63, 3.8) is 0 Å². The zero-order valence-electron chi connectivity index (χ0n) is 12.7. The van der Waals surface area contributed by atoms with E-state index in [1.807, 2.05) is 45.0 Å². The lowest BCUT2D eigenvalue weighted by molar-refractivity contribution is -0.148. The van der Waals surface area contributed by atoms with Crippen LogP contribution in [0.4, 0.5) is 0 Å². The van der Waals surface area contributed by atoms with Crippen molar-refractivity contribution in [2.45, 2.75) is 45.7 Å². The summed E-state index contributed by atoms with van der Waals surface area (Å²) < 4.78 is 0. The molecule has 4 nitrogen and oxygen atoms in total. The minimum Gasteiger partial charge on any atom is -0.366 e. The van der Waals surface area contributed by atoms with E-state index in [9.17, 15) is 4.79 Å². The Balaban J connectivity index is 2.96. The fraction of sp³-hybridized carbons (Fsp3) is 0.438. The standard InChI is InChI=1S/C16H24N2O2/c1-6-14(18-20-15(19)11(2)3)12-9-7-8-10-13(12)16(4,5)17/h7-10,14,18H,2,6,17H2,1,3-5H3. The molecular weight excluding hydrogens is 252 g/mol. The van der Waals surface area contributed by atoms with Crippen LogP contribution in [0.3, 0.4) is 0 Å². The summed E-state index contributed by atoms with van der Waals surface area (Å²) in [5, 5.41) is 0. The van der Waals surface area contributed by atoms with E-state index in [0.717, 1.165) is 17.5 Å². The maximum atomic E-state index is 11.5. The van der Waals surface area contributed by atoms with Crippen molar-refractivity contribution in [1.82, 2.24) is 5.48 Å². The first-order chi connectivity index (χ1) is 9.27. The van der Waals surface area contributed by atoms with Crippen LogP contribution in [0.1, 0.15) is 51.3 Å². The fourth-order valence-electron chi connectivity index (χ4n) is 1.97. The highest BCUT2D eigenvalue weighted by atomic mass is 16.7. The van der Waals surface area contributed by atoms with Crippen LogP contribution in [0.5, 0.6) is 0 Å². The quantitative estimate of drug-likeness (QED) is 0.619. The van der Waals surface area contributed by atoms with E-state index >= 15 is 0 Å². The van der Waals surface area contributed by atoms with Crippen molar-refractivity contribution in [3.8, 4) is 0 Å².